The molecule has 2 rings (SSSR count). The van der Waals surface area contributed by atoms with Gasteiger partial charge in [-0.05, 0) is 42.9 Å². The van der Waals surface area contributed by atoms with Crippen LogP contribution in [0, 0.1) is 11.8 Å². The molecule has 34 heteroatoms. The highest BCUT2D eigenvalue weighted by atomic mass is 16.6. The molecular formula is C65H112N8O26. The van der Waals surface area contributed by atoms with Gasteiger partial charge in [0, 0.05) is 51.6 Å². The topological polar surface area (TPSA) is 412 Å². The lowest BCUT2D eigenvalue weighted by Gasteiger charge is -2.27. The number of hydrogen-bond donors (Lipinski definition) is 7. The number of nitrogens with zero attached hydrogens (tertiary/aromatic N) is 1. The minimum Gasteiger partial charge on any atom is -0.461 e. The summed E-state index contributed by atoms with van der Waals surface area (Å²) in [4.78, 5) is 116. The summed E-state index contributed by atoms with van der Waals surface area (Å²) in [6, 6.07) is 1.87. The van der Waals surface area contributed by atoms with Gasteiger partial charge in [0.1, 0.15) is 31.3 Å². The van der Waals surface area contributed by atoms with Crippen LogP contribution in [0.4, 0.5) is 10.5 Å². The van der Waals surface area contributed by atoms with Crippen LogP contribution in [0.15, 0.2) is 24.3 Å². The Bertz CT molecular complexity index is 2330. The number of carbonyl (C=O) groups excluding carboxylic acids is 9. The van der Waals surface area contributed by atoms with Crippen molar-refractivity contribution in [3.63, 3.8) is 0 Å². The third kappa shape index (κ3) is 49.1. The number of likely N-dealkylation sites (tertiary alicyclic amines) is 1. The van der Waals surface area contributed by atoms with Crippen molar-refractivity contribution in [2.24, 2.45) is 17.6 Å². The van der Waals surface area contributed by atoms with Crippen molar-refractivity contribution >= 4 is 59.0 Å². The number of amides is 9. The molecule has 1 aromatic rings. The van der Waals surface area contributed by atoms with E-state index in [0.717, 1.165) is 4.90 Å². The normalized spacial score (nSPS) is 13.9. The molecule has 99 heavy (non-hydrogen) atoms. The van der Waals surface area contributed by atoms with Crippen molar-refractivity contribution in [1.82, 2.24) is 31.5 Å². The molecule has 1 saturated heterocycles. The summed E-state index contributed by atoms with van der Waals surface area (Å²) in [6.45, 7) is 18.7. The second-order valence-electron chi connectivity index (χ2n) is 22.3. The molecule has 4 atom stereocenters. The first-order chi connectivity index (χ1) is 48.0. The van der Waals surface area contributed by atoms with Gasteiger partial charge < -0.3 is 118 Å². The van der Waals surface area contributed by atoms with E-state index in [9.17, 15) is 43.2 Å². The molecule has 0 aliphatic carbocycles. The van der Waals surface area contributed by atoms with Gasteiger partial charge in [0.15, 0.2) is 0 Å². The number of urea groups is 1. The first-order valence-electron chi connectivity index (χ1n) is 33.7. The smallest absolute Gasteiger partial charge is 0.312 e. The molecule has 0 radical (unpaired) electrons. The van der Waals surface area contributed by atoms with Crippen LogP contribution in [-0.4, -0.2) is 308 Å². The lowest BCUT2D eigenvalue weighted by Crippen LogP contribution is -2.58. The Labute approximate surface area is 581 Å². The van der Waals surface area contributed by atoms with Crippen LogP contribution >= 0.6 is 0 Å². The number of nitrogens with one attached hydrogen (secondary N) is 6. The van der Waals surface area contributed by atoms with Crippen LogP contribution < -0.4 is 37.6 Å². The van der Waals surface area contributed by atoms with E-state index >= 15 is 0 Å². The Morgan fingerprint density at radius 3 is 1.24 bits per heavy atom. The van der Waals surface area contributed by atoms with E-state index in [-0.39, 0.29) is 71.6 Å². The molecule has 9 amide bonds. The van der Waals surface area contributed by atoms with E-state index in [2.05, 4.69) is 31.9 Å². The minimum atomic E-state index is -1.37. The van der Waals surface area contributed by atoms with Gasteiger partial charge in [-0.2, -0.15) is 0 Å². The maximum absolute atomic E-state index is 14.0. The molecule has 0 saturated carbocycles. The number of anilines is 1. The van der Waals surface area contributed by atoms with Crippen molar-refractivity contribution in [3.05, 3.63) is 29.8 Å². The van der Waals surface area contributed by atoms with E-state index in [0.29, 0.717) is 196 Å². The van der Waals surface area contributed by atoms with E-state index in [4.69, 9.17) is 86.3 Å². The molecule has 0 bridgehead atoms. The van der Waals surface area contributed by atoms with Crippen molar-refractivity contribution in [2.45, 2.75) is 84.5 Å². The molecule has 0 aromatic heterocycles. The number of carbonyl (C=O) groups is 9. The van der Waals surface area contributed by atoms with Gasteiger partial charge in [-0.15, -0.1) is 0 Å². The lowest BCUT2D eigenvalue weighted by atomic mass is 10.0. The highest BCUT2D eigenvalue weighted by Gasteiger charge is 2.38. The Morgan fingerprint density at radius 2 is 0.879 bits per heavy atom. The highest BCUT2D eigenvalue weighted by Crippen LogP contribution is 2.18. The average molecular weight is 1420 g/mol. The Balaban J connectivity index is 1.51. The highest BCUT2D eigenvalue weighted by molar-refractivity contribution is 6.06. The Kier molecular flexibility index (Phi) is 54.4. The summed E-state index contributed by atoms with van der Waals surface area (Å²) in [6.07, 6.45) is -0.0304. The number of imide groups is 1. The molecular weight excluding hydrogens is 1310 g/mol. The molecule has 8 N–H and O–H groups in total. The predicted molar refractivity (Wildman–Crippen MR) is 355 cm³/mol. The number of ether oxygens (including phenoxy) is 17. The molecule has 34 nitrogen and oxygen atoms in total. The quantitative estimate of drug-likeness (QED) is 0.0244. The zero-order chi connectivity index (χ0) is 72.2. The van der Waals surface area contributed by atoms with Gasteiger partial charge in [0.05, 0.1) is 205 Å². The van der Waals surface area contributed by atoms with E-state index < -0.39 is 89.9 Å². The molecule has 1 aromatic carbocycles. The first kappa shape index (κ1) is 88.9. The second-order valence-corrected chi connectivity index (χ2v) is 22.3. The third-order valence-corrected chi connectivity index (χ3v) is 13.8. The first-order valence-corrected chi connectivity index (χ1v) is 33.7. The van der Waals surface area contributed by atoms with Gasteiger partial charge in [-0.1, -0.05) is 32.9 Å². The number of methoxy groups -OCH3 is 1. The third-order valence-electron chi connectivity index (χ3n) is 13.8. The Morgan fingerprint density at radius 1 is 0.485 bits per heavy atom. The van der Waals surface area contributed by atoms with Crippen LogP contribution in [0.3, 0.4) is 0 Å². The van der Waals surface area contributed by atoms with Gasteiger partial charge >= 0.3 is 12.0 Å². The molecule has 1 heterocycles. The molecule has 1 aliphatic heterocycles. The fourth-order valence-electron chi connectivity index (χ4n) is 8.53. The predicted octanol–water partition coefficient (Wildman–Crippen LogP) is -0.566. The summed E-state index contributed by atoms with van der Waals surface area (Å²) in [5.41, 5.74) is 6.24. The monoisotopic (exact) mass is 1420 g/mol. The van der Waals surface area contributed by atoms with Gasteiger partial charge in [-0.25, -0.2) is 4.79 Å². The molecule has 0 spiro atoms. The summed E-state index contributed by atoms with van der Waals surface area (Å²) in [7, 11) is 1.63. The Hall–Kier alpha value is -6.19. The molecule has 1 unspecified atom stereocenters. The number of rotatable bonds is 67. The van der Waals surface area contributed by atoms with Gasteiger partial charge in [0.25, 0.3) is 0 Å². The minimum absolute atomic E-state index is 0.0249. The average Bonchev–Trinajstić information content (AvgIpc) is 1.84. The number of benzene rings is 1. The van der Waals surface area contributed by atoms with Crippen molar-refractivity contribution in [1.29, 1.82) is 0 Å². The summed E-state index contributed by atoms with van der Waals surface area (Å²) in [5, 5.41) is 15.7. The van der Waals surface area contributed by atoms with Crippen LogP contribution in [0.2, 0.25) is 0 Å². The molecule has 568 valence electrons. The van der Waals surface area contributed by atoms with Gasteiger partial charge in [-0.3, -0.25) is 43.3 Å². The standard InChI is InChI=1S/C65H112N8O26/c1-50(2)60(63(80)71-55(7-6-14-68-65(66)82)61(78)69-54-10-8-53(9-11-54)49-99-52(4)74)72-62(79)56(70-58(76)48-73-59(77)47-51(3)64(73)81)12-15-67-57(75)13-16-84-19-20-86-23-24-88-27-28-90-31-32-92-35-36-94-39-40-96-43-44-98-46-45-97-42-41-95-38-37-93-34-33-91-30-29-89-26-25-87-22-21-85-18-17-83-5/h8-11,50-51,55-56,60H,6-7,12-49H2,1-5H3,(H,67,75)(H,69,78)(H,70,76)(H,71,80)(H,72,79)(H3,66,68,82)/t51?,55-,56-,60-/m0/s1. The molecule has 1 aliphatic rings. The fourth-order valence-corrected chi connectivity index (χ4v) is 8.53. The number of primary amides is 1. The van der Waals surface area contributed by atoms with Crippen LogP contribution in [0.1, 0.15) is 65.4 Å². The summed E-state index contributed by atoms with van der Waals surface area (Å²) in [5.74, 6) is -6.18. The van der Waals surface area contributed by atoms with Crippen molar-refractivity contribution < 1.29 is 124 Å². The summed E-state index contributed by atoms with van der Waals surface area (Å²) >= 11 is 0. The largest absolute Gasteiger partial charge is 0.461 e. The van der Waals surface area contributed by atoms with Crippen molar-refractivity contribution in [3.8, 4) is 0 Å². The summed E-state index contributed by atoms with van der Waals surface area (Å²) < 4.78 is 92.3. The van der Waals surface area contributed by atoms with Crippen LogP contribution in [0.25, 0.3) is 0 Å². The number of hydrogen-bond acceptors (Lipinski definition) is 26. The number of esters is 1. The van der Waals surface area contributed by atoms with Crippen LogP contribution in [0.5, 0.6) is 0 Å². The zero-order valence-corrected chi connectivity index (χ0v) is 58.6. The number of nitrogens with two attached hydrogens (primary N) is 1. The second kappa shape index (κ2) is 60.6. The maximum atomic E-state index is 14.0. The fraction of sp³-hybridized carbons (Fsp3) is 0.769. The zero-order valence-electron chi connectivity index (χ0n) is 58.6. The lowest BCUT2D eigenvalue weighted by molar-refractivity contribution is -0.143. The van der Waals surface area contributed by atoms with Crippen LogP contribution in [-0.2, 0) is 125 Å². The van der Waals surface area contributed by atoms with Crippen molar-refractivity contribution in [2.75, 3.05) is 237 Å². The van der Waals surface area contributed by atoms with E-state index in [1.807, 2.05) is 0 Å². The van der Waals surface area contributed by atoms with E-state index in [1.165, 1.54) is 6.92 Å². The van der Waals surface area contributed by atoms with E-state index in [1.54, 1.807) is 52.1 Å². The van der Waals surface area contributed by atoms with Gasteiger partial charge in [0.2, 0.25) is 41.4 Å². The maximum Gasteiger partial charge on any atom is 0.312 e. The SMILES string of the molecule is COCCOCCOCCOCCOCCOCCOCCOCCOCCOCCOCCOCCOCCOCCOCCOCCC(=O)NCC[C@H](NC(=O)CN1C(=O)CC(C)C1=O)C(=O)N[C@H](C(=O)N[C@@H](CCCNC(N)=O)C(=O)Nc1ccc(COC(C)=O)cc1)C(C)C. The molecule has 1 fully saturated rings.